The molecule has 0 atom stereocenters. The molecule has 0 heterocycles. The van der Waals surface area contributed by atoms with Crippen LogP contribution in [0.25, 0.3) is 0 Å². The van der Waals surface area contributed by atoms with Crippen molar-refractivity contribution in [3.8, 4) is 0 Å². The molecular weight excluding hydrogens is 226 g/mol. The first-order valence-electron chi connectivity index (χ1n) is 5.60. The highest BCUT2D eigenvalue weighted by Gasteiger charge is 2.20. The molecule has 0 radical (unpaired) electrons. The van der Waals surface area contributed by atoms with Crippen LogP contribution >= 0.6 is 0 Å². The molecule has 2 N–H and O–H groups in total. The van der Waals surface area contributed by atoms with Crippen LogP contribution in [0, 0.1) is 17.6 Å². The Morgan fingerprint density at radius 3 is 2.47 bits per heavy atom. The summed E-state index contributed by atoms with van der Waals surface area (Å²) >= 11 is 0. The summed E-state index contributed by atoms with van der Waals surface area (Å²) in [5.74, 6) is -1.01. The topological polar surface area (TPSA) is 41.1 Å². The van der Waals surface area contributed by atoms with Crippen LogP contribution in [0.4, 0.5) is 14.5 Å². The Morgan fingerprint density at radius 2 is 1.88 bits per heavy atom. The van der Waals surface area contributed by atoms with Crippen LogP contribution in [0.15, 0.2) is 18.2 Å². The highest BCUT2D eigenvalue weighted by Crippen LogP contribution is 2.27. The Bertz CT molecular complexity index is 399. The van der Waals surface area contributed by atoms with Gasteiger partial charge < -0.3 is 10.6 Å². The van der Waals surface area contributed by atoms with E-state index in [9.17, 15) is 13.6 Å². The molecular formula is C12H14F2N2O. The molecule has 92 valence electrons. The van der Waals surface area contributed by atoms with Gasteiger partial charge in [-0.15, -0.1) is 0 Å². The zero-order valence-corrected chi connectivity index (χ0v) is 9.30. The molecule has 0 aromatic heterocycles. The van der Waals surface area contributed by atoms with E-state index < -0.39 is 11.6 Å². The Labute approximate surface area is 98.2 Å². The number of benzene rings is 1. The molecule has 2 rings (SSSR count). The molecule has 17 heavy (non-hydrogen) atoms. The standard InChI is InChI=1S/C12H14F2N2O/c13-9-3-10(14)5-11(4-9)16-12(17)7-15-6-8-1-2-8/h3-5,8,15H,1-2,6-7H2,(H,16,17). The summed E-state index contributed by atoms with van der Waals surface area (Å²) < 4.78 is 25.7. The third kappa shape index (κ3) is 4.11. The Kier molecular flexibility index (Phi) is 3.68. The summed E-state index contributed by atoms with van der Waals surface area (Å²) in [7, 11) is 0. The lowest BCUT2D eigenvalue weighted by atomic mass is 10.3. The average molecular weight is 240 g/mol. The summed E-state index contributed by atoms with van der Waals surface area (Å²) in [4.78, 5) is 11.4. The largest absolute Gasteiger partial charge is 0.325 e. The number of hydrogen-bond acceptors (Lipinski definition) is 2. The van der Waals surface area contributed by atoms with E-state index >= 15 is 0 Å². The van der Waals surface area contributed by atoms with E-state index in [2.05, 4.69) is 10.6 Å². The van der Waals surface area contributed by atoms with Gasteiger partial charge in [-0.3, -0.25) is 4.79 Å². The van der Waals surface area contributed by atoms with Crippen molar-refractivity contribution in [2.45, 2.75) is 12.8 Å². The van der Waals surface area contributed by atoms with Crippen LogP contribution in [0.5, 0.6) is 0 Å². The number of amides is 1. The average Bonchev–Trinajstić information content (AvgIpc) is 2.99. The second kappa shape index (κ2) is 5.23. The fourth-order valence-electron chi connectivity index (χ4n) is 1.54. The van der Waals surface area contributed by atoms with Gasteiger partial charge in [0, 0.05) is 11.8 Å². The fraction of sp³-hybridized carbons (Fsp3) is 0.417. The number of rotatable bonds is 5. The first-order chi connectivity index (χ1) is 8.13. The summed E-state index contributed by atoms with van der Waals surface area (Å²) in [5, 5.41) is 5.43. The summed E-state index contributed by atoms with van der Waals surface area (Å²) in [6, 6.07) is 2.94. The van der Waals surface area contributed by atoms with Gasteiger partial charge in [-0.05, 0) is 37.4 Å². The minimum Gasteiger partial charge on any atom is -0.325 e. The lowest BCUT2D eigenvalue weighted by molar-refractivity contribution is -0.115. The summed E-state index contributed by atoms with van der Waals surface area (Å²) in [5.41, 5.74) is 0.140. The number of carbonyl (C=O) groups excluding carboxylic acids is 1. The highest BCUT2D eigenvalue weighted by molar-refractivity contribution is 5.92. The molecule has 1 amide bonds. The number of anilines is 1. The minimum absolute atomic E-state index is 0.140. The fourth-order valence-corrected chi connectivity index (χ4v) is 1.54. The molecule has 1 aliphatic carbocycles. The minimum atomic E-state index is -0.703. The number of nitrogens with one attached hydrogen (secondary N) is 2. The van der Waals surface area contributed by atoms with Gasteiger partial charge in [0.15, 0.2) is 0 Å². The molecule has 1 aromatic rings. The number of carbonyl (C=O) groups is 1. The second-order valence-corrected chi connectivity index (χ2v) is 4.28. The normalized spacial score (nSPS) is 14.7. The number of halogens is 2. The molecule has 1 saturated carbocycles. The van der Waals surface area contributed by atoms with Gasteiger partial charge in [-0.2, -0.15) is 0 Å². The predicted octanol–water partition coefficient (Wildman–Crippen LogP) is 1.90. The third-order valence-electron chi connectivity index (χ3n) is 2.56. The highest BCUT2D eigenvalue weighted by atomic mass is 19.1. The third-order valence-corrected chi connectivity index (χ3v) is 2.56. The zero-order valence-electron chi connectivity index (χ0n) is 9.30. The van der Waals surface area contributed by atoms with E-state index in [-0.39, 0.29) is 18.1 Å². The van der Waals surface area contributed by atoms with Crippen LogP contribution in [-0.4, -0.2) is 19.0 Å². The summed E-state index contributed by atoms with van der Waals surface area (Å²) in [6.45, 7) is 0.986. The van der Waals surface area contributed by atoms with Crippen LogP contribution in [0.3, 0.4) is 0 Å². The van der Waals surface area contributed by atoms with Gasteiger partial charge in [0.05, 0.1) is 6.54 Å². The van der Waals surface area contributed by atoms with Crippen molar-refractivity contribution >= 4 is 11.6 Å². The van der Waals surface area contributed by atoms with Crippen molar-refractivity contribution in [2.24, 2.45) is 5.92 Å². The van der Waals surface area contributed by atoms with Crippen molar-refractivity contribution < 1.29 is 13.6 Å². The van der Waals surface area contributed by atoms with Crippen molar-refractivity contribution in [3.05, 3.63) is 29.8 Å². The van der Waals surface area contributed by atoms with Crippen LogP contribution in [0.2, 0.25) is 0 Å². The smallest absolute Gasteiger partial charge is 0.238 e. The van der Waals surface area contributed by atoms with Crippen molar-refractivity contribution in [3.63, 3.8) is 0 Å². The molecule has 0 unspecified atom stereocenters. The molecule has 3 nitrogen and oxygen atoms in total. The molecule has 0 aliphatic heterocycles. The predicted molar refractivity (Wildman–Crippen MR) is 60.6 cm³/mol. The SMILES string of the molecule is O=C(CNCC1CC1)Nc1cc(F)cc(F)c1. The molecule has 0 spiro atoms. The second-order valence-electron chi connectivity index (χ2n) is 4.28. The van der Waals surface area contributed by atoms with Crippen molar-refractivity contribution in [2.75, 3.05) is 18.4 Å². The first kappa shape index (κ1) is 12.0. The van der Waals surface area contributed by atoms with Crippen molar-refractivity contribution in [1.29, 1.82) is 0 Å². The molecule has 1 fully saturated rings. The summed E-state index contributed by atoms with van der Waals surface area (Å²) in [6.07, 6.45) is 2.42. The maximum atomic E-state index is 12.8. The molecule has 5 heteroatoms. The van der Waals surface area contributed by atoms with E-state index in [1.165, 1.54) is 12.8 Å². The van der Waals surface area contributed by atoms with E-state index in [1.807, 2.05) is 0 Å². The monoisotopic (exact) mass is 240 g/mol. The van der Waals surface area contributed by atoms with Crippen LogP contribution in [0.1, 0.15) is 12.8 Å². The molecule has 1 aromatic carbocycles. The molecule has 1 aliphatic rings. The van der Waals surface area contributed by atoms with E-state index in [0.717, 1.165) is 24.7 Å². The lowest BCUT2D eigenvalue weighted by Crippen LogP contribution is -2.29. The molecule has 0 saturated heterocycles. The van der Waals surface area contributed by atoms with Gasteiger partial charge in [0.2, 0.25) is 5.91 Å². The maximum Gasteiger partial charge on any atom is 0.238 e. The van der Waals surface area contributed by atoms with Crippen LogP contribution in [-0.2, 0) is 4.79 Å². The first-order valence-corrected chi connectivity index (χ1v) is 5.60. The zero-order chi connectivity index (χ0) is 12.3. The van der Waals surface area contributed by atoms with Gasteiger partial charge in [-0.25, -0.2) is 8.78 Å². The van der Waals surface area contributed by atoms with E-state index in [4.69, 9.17) is 0 Å². The number of hydrogen-bond donors (Lipinski definition) is 2. The Balaban J connectivity index is 1.79. The van der Waals surface area contributed by atoms with Gasteiger partial charge >= 0.3 is 0 Å². The van der Waals surface area contributed by atoms with E-state index in [1.54, 1.807) is 0 Å². The Morgan fingerprint density at radius 1 is 1.24 bits per heavy atom. The van der Waals surface area contributed by atoms with Gasteiger partial charge in [0.25, 0.3) is 0 Å². The quantitative estimate of drug-likeness (QED) is 0.825. The van der Waals surface area contributed by atoms with E-state index in [0.29, 0.717) is 5.92 Å². The van der Waals surface area contributed by atoms with Crippen LogP contribution < -0.4 is 10.6 Å². The maximum absolute atomic E-state index is 12.8. The lowest BCUT2D eigenvalue weighted by Gasteiger charge is -2.06. The Hall–Kier alpha value is -1.49. The van der Waals surface area contributed by atoms with Gasteiger partial charge in [-0.1, -0.05) is 0 Å². The van der Waals surface area contributed by atoms with Crippen molar-refractivity contribution in [1.82, 2.24) is 5.32 Å². The molecule has 0 bridgehead atoms. The van der Waals surface area contributed by atoms with Gasteiger partial charge in [0.1, 0.15) is 11.6 Å².